The fourth-order valence-corrected chi connectivity index (χ4v) is 19.2. The summed E-state index contributed by atoms with van der Waals surface area (Å²) in [6, 6.07) is 45.5. The SMILES string of the molecule is Cc1ccccc1OP1(Oc2ccccc2C)=NP(Oc2ccccc2C)(Oc2ccccc2C)=NP(OC(C)C)(OC(C)C)=NP(Oc2ccccc2C)(Oc2ccccc2C)=N1. The third-order valence-electron chi connectivity index (χ3n) is 9.47. The number of hydrogen-bond donors (Lipinski definition) is 0. The van der Waals surface area contributed by atoms with E-state index in [0.29, 0.717) is 34.5 Å². The molecule has 7 rings (SSSR count). The van der Waals surface area contributed by atoms with Crippen molar-refractivity contribution in [2.45, 2.75) is 81.4 Å². The summed E-state index contributed by atoms with van der Waals surface area (Å²) < 4.78 is 79.8. The van der Waals surface area contributed by atoms with E-state index in [1.54, 1.807) is 0 Å². The average molecular weight is 941 g/mol. The Hall–Kier alpha value is -5.04. The van der Waals surface area contributed by atoms with Crippen molar-refractivity contribution in [1.29, 1.82) is 0 Å². The van der Waals surface area contributed by atoms with E-state index >= 15 is 0 Å². The van der Waals surface area contributed by atoms with Gasteiger partial charge in [0, 0.05) is 0 Å². The van der Waals surface area contributed by atoms with Gasteiger partial charge in [-0.3, -0.25) is 0 Å². The lowest BCUT2D eigenvalue weighted by molar-refractivity contribution is 0.169. The van der Waals surface area contributed by atoms with Crippen LogP contribution in [0.15, 0.2) is 164 Å². The molecule has 1 heterocycles. The van der Waals surface area contributed by atoms with Crippen molar-refractivity contribution >= 4 is 30.6 Å². The first-order valence-electron chi connectivity index (χ1n) is 21.0. The van der Waals surface area contributed by atoms with Gasteiger partial charge in [0.1, 0.15) is 34.5 Å². The van der Waals surface area contributed by atoms with Gasteiger partial charge in [-0.2, -0.15) is 0 Å². The molecule has 6 aromatic carbocycles. The molecule has 0 N–H and O–H groups in total. The molecular formula is C48H56N4O8P4. The monoisotopic (exact) mass is 940 g/mol. The third-order valence-corrected chi connectivity index (χ3v) is 20.7. The Morgan fingerprint density at radius 2 is 0.453 bits per heavy atom. The Bertz CT molecular complexity index is 2600. The molecule has 336 valence electrons. The molecule has 0 amide bonds. The van der Waals surface area contributed by atoms with E-state index in [-0.39, 0.29) is 0 Å². The van der Waals surface area contributed by atoms with Crippen molar-refractivity contribution < 1.29 is 36.2 Å². The average Bonchev–Trinajstić information content (AvgIpc) is 3.22. The maximum atomic E-state index is 7.28. The molecule has 0 bridgehead atoms. The molecule has 0 saturated heterocycles. The van der Waals surface area contributed by atoms with E-state index in [1.807, 2.05) is 215 Å². The second-order valence-electron chi connectivity index (χ2n) is 15.8. The van der Waals surface area contributed by atoms with E-state index < -0.39 is 42.8 Å². The van der Waals surface area contributed by atoms with Gasteiger partial charge in [0.25, 0.3) is 0 Å². The molecule has 1 aliphatic rings. The maximum Gasteiger partial charge on any atom is 0.460 e. The lowest BCUT2D eigenvalue weighted by atomic mass is 10.2. The predicted octanol–water partition coefficient (Wildman–Crippen LogP) is 17.0. The second kappa shape index (κ2) is 20.0. The number of benzene rings is 6. The minimum atomic E-state index is -4.37. The van der Waals surface area contributed by atoms with Gasteiger partial charge in [-0.25, -0.2) is 0 Å². The van der Waals surface area contributed by atoms with Crippen molar-refractivity contribution in [1.82, 2.24) is 0 Å². The lowest BCUT2D eigenvalue weighted by Crippen LogP contribution is -2.13. The number of rotatable bonds is 16. The molecule has 0 aliphatic carbocycles. The Kier molecular flexibility index (Phi) is 14.7. The van der Waals surface area contributed by atoms with Crippen LogP contribution < -0.4 is 27.1 Å². The topological polar surface area (TPSA) is 123 Å². The van der Waals surface area contributed by atoms with Gasteiger partial charge in [-0.05, 0) is 139 Å². The van der Waals surface area contributed by atoms with Crippen LogP contribution in [-0.4, -0.2) is 12.2 Å². The fourth-order valence-electron chi connectivity index (χ4n) is 6.30. The molecule has 0 saturated carbocycles. The number of para-hydroxylation sites is 6. The third kappa shape index (κ3) is 11.4. The zero-order valence-corrected chi connectivity index (χ0v) is 41.4. The number of nitrogens with zero attached hydrogens (tertiary/aromatic N) is 4. The van der Waals surface area contributed by atoms with Crippen LogP contribution in [0, 0.1) is 41.5 Å². The molecule has 0 radical (unpaired) electrons. The lowest BCUT2D eigenvalue weighted by Gasteiger charge is -2.34. The van der Waals surface area contributed by atoms with E-state index in [1.165, 1.54) is 0 Å². The first-order valence-corrected chi connectivity index (χ1v) is 27.2. The van der Waals surface area contributed by atoms with Gasteiger partial charge in [-0.1, -0.05) is 118 Å². The molecular weight excluding hydrogens is 884 g/mol. The molecule has 0 unspecified atom stereocenters. The molecule has 0 spiro atoms. The highest BCUT2D eigenvalue weighted by atomic mass is 31.3. The van der Waals surface area contributed by atoms with Crippen LogP contribution in [0.1, 0.15) is 61.1 Å². The summed E-state index contributed by atoms with van der Waals surface area (Å²) in [4.78, 5) is 0. The van der Waals surface area contributed by atoms with Gasteiger partial charge in [-0.15, -0.1) is 9.03 Å². The van der Waals surface area contributed by atoms with Crippen LogP contribution in [0.5, 0.6) is 34.5 Å². The maximum absolute atomic E-state index is 7.28. The van der Waals surface area contributed by atoms with Crippen LogP contribution in [0.25, 0.3) is 0 Å². The standard InChI is InChI=1S/C48H56N4O8P4/c1-35(2)53-61(54-36(3)4)49-62(55-43-29-17-11-23-37(43)5,56-44-30-18-12-24-38(44)6)51-64(59-47-33-21-15-27-41(47)9,60-48-34-22-16-28-42(48)10)52-63(50-61,57-45-31-19-13-25-39(45)7)58-46-32-20-14-26-40(46)8/h11-36H,1-10H3. The van der Waals surface area contributed by atoms with Gasteiger partial charge in [0.2, 0.25) is 0 Å². The summed E-state index contributed by atoms with van der Waals surface area (Å²) in [6.07, 6.45) is -0.995. The molecule has 0 fully saturated rings. The Balaban J connectivity index is 1.76. The van der Waals surface area contributed by atoms with Crippen molar-refractivity contribution in [3.05, 3.63) is 179 Å². The summed E-state index contributed by atoms with van der Waals surface area (Å²) in [5.74, 6) is 2.66. The van der Waals surface area contributed by atoms with Gasteiger partial charge < -0.3 is 36.2 Å². The van der Waals surface area contributed by atoms with Crippen molar-refractivity contribution in [2.75, 3.05) is 0 Å². The van der Waals surface area contributed by atoms with Crippen LogP contribution >= 0.6 is 30.6 Å². The molecule has 1 aliphatic heterocycles. The van der Waals surface area contributed by atoms with Gasteiger partial charge >= 0.3 is 30.6 Å². The Morgan fingerprint density at radius 1 is 0.281 bits per heavy atom. The van der Waals surface area contributed by atoms with Gasteiger partial charge in [0.15, 0.2) is 0 Å². The first-order chi connectivity index (χ1) is 30.6. The first kappa shape index (κ1) is 46.9. The highest BCUT2D eigenvalue weighted by molar-refractivity contribution is 7.79. The summed E-state index contributed by atoms with van der Waals surface area (Å²) >= 11 is 0. The molecule has 0 aromatic heterocycles. The normalized spacial score (nSPS) is 15.8. The van der Waals surface area contributed by atoms with Crippen molar-refractivity contribution in [2.24, 2.45) is 18.1 Å². The van der Waals surface area contributed by atoms with Crippen LogP contribution in [0.4, 0.5) is 0 Å². The Labute approximate surface area is 378 Å². The van der Waals surface area contributed by atoms with Crippen molar-refractivity contribution in [3.8, 4) is 34.5 Å². The van der Waals surface area contributed by atoms with Gasteiger partial charge in [0.05, 0.1) is 12.2 Å². The minimum absolute atomic E-state index is 0.435. The van der Waals surface area contributed by atoms with Crippen molar-refractivity contribution in [3.63, 3.8) is 0 Å². The number of hydrogen-bond acceptors (Lipinski definition) is 12. The van der Waals surface area contributed by atoms with E-state index in [9.17, 15) is 0 Å². The molecule has 12 nitrogen and oxygen atoms in total. The van der Waals surface area contributed by atoms with Crippen LogP contribution in [0.2, 0.25) is 0 Å². The molecule has 6 aromatic rings. The molecule has 16 heteroatoms. The van der Waals surface area contributed by atoms with E-state index in [0.717, 1.165) is 33.4 Å². The summed E-state index contributed by atoms with van der Waals surface area (Å²) in [5, 5.41) is 0. The minimum Gasteiger partial charge on any atom is -0.413 e. The largest absolute Gasteiger partial charge is 0.460 e. The highest BCUT2D eigenvalue weighted by Crippen LogP contribution is 2.80. The van der Waals surface area contributed by atoms with E-state index in [2.05, 4.69) is 0 Å². The summed E-state index contributed by atoms with van der Waals surface area (Å²) in [7, 11) is -17.0. The summed E-state index contributed by atoms with van der Waals surface area (Å²) in [6.45, 7) is 19.2. The molecule has 64 heavy (non-hydrogen) atoms. The summed E-state index contributed by atoms with van der Waals surface area (Å²) in [5.41, 5.74) is 4.77. The van der Waals surface area contributed by atoms with Crippen LogP contribution in [0.3, 0.4) is 0 Å². The Morgan fingerprint density at radius 3 is 0.641 bits per heavy atom. The van der Waals surface area contributed by atoms with E-state index in [4.69, 9.17) is 54.3 Å². The highest BCUT2D eigenvalue weighted by Gasteiger charge is 2.49. The quantitative estimate of drug-likeness (QED) is 0.0879. The second-order valence-corrected chi connectivity index (χ2v) is 24.1. The predicted molar refractivity (Wildman–Crippen MR) is 261 cm³/mol. The van der Waals surface area contributed by atoms with Crippen LogP contribution in [-0.2, 0) is 9.05 Å². The zero-order chi connectivity index (χ0) is 45.5. The zero-order valence-electron chi connectivity index (χ0n) is 37.9. The smallest absolute Gasteiger partial charge is 0.413 e. The fraction of sp³-hybridized carbons (Fsp3) is 0.250. The molecule has 0 atom stereocenters. The number of aryl methyl sites for hydroxylation is 6.